The van der Waals surface area contributed by atoms with Gasteiger partial charge in [0.05, 0.1) is 12.5 Å². The quantitative estimate of drug-likeness (QED) is 0.389. The molecule has 0 N–H and O–H groups in total. The van der Waals surface area contributed by atoms with Crippen molar-refractivity contribution in [2.24, 2.45) is 0 Å². The third kappa shape index (κ3) is 2.45. The van der Waals surface area contributed by atoms with Crippen LogP contribution in [0.15, 0.2) is 12.0 Å². The summed E-state index contributed by atoms with van der Waals surface area (Å²) < 4.78 is 4.88. The fraction of sp³-hybridized carbons (Fsp3) is 0.600. The molecule has 0 aliphatic heterocycles. The van der Waals surface area contributed by atoms with E-state index in [-0.39, 0.29) is 0 Å². The first-order chi connectivity index (χ1) is 3.18. The molecule has 0 aliphatic rings. The van der Waals surface area contributed by atoms with E-state index in [1.54, 1.807) is 7.11 Å². The van der Waals surface area contributed by atoms with Gasteiger partial charge >= 0.3 is 0 Å². The molecule has 0 atom stereocenters. The van der Waals surface area contributed by atoms with Crippen LogP contribution in [-0.4, -0.2) is 15.9 Å². The molecule has 0 spiro atoms. The molecule has 0 aliphatic carbocycles. The monoisotopic (exact) mass is 116 g/mol. The summed E-state index contributed by atoms with van der Waals surface area (Å²) >= 11 is 0. The SMILES string of the molecule is C=C(OC)[SiH](C)C. The summed E-state index contributed by atoms with van der Waals surface area (Å²) in [6, 6.07) is 0. The molecule has 0 aromatic heterocycles. The molecular formula is C5H12OSi. The molecule has 0 aromatic carbocycles. The lowest BCUT2D eigenvalue weighted by Crippen LogP contribution is -2.05. The number of rotatable bonds is 2. The first-order valence-electron chi connectivity index (χ1n) is 2.41. The Bertz CT molecular complexity index is 68.5. The van der Waals surface area contributed by atoms with E-state index in [2.05, 4.69) is 19.7 Å². The van der Waals surface area contributed by atoms with Crippen LogP contribution in [0.25, 0.3) is 0 Å². The van der Waals surface area contributed by atoms with Crippen LogP contribution in [0, 0.1) is 0 Å². The van der Waals surface area contributed by atoms with Gasteiger partial charge in [-0.2, -0.15) is 0 Å². The molecular weight excluding hydrogens is 104 g/mol. The van der Waals surface area contributed by atoms with Crippen LogP contribution in [0.3, 0.4) is 0 Å². The normalized spacial score (nSPS) is 9.14. The summed E-state index contributed by atoms with van der Waals surface area (Å²) in [5.41, 5.74) is 0. The van der Waals surface area contributed by atoms with Crippen molar-refractivity contribution in [1.29, 1.82) is 0 Å². The largest absolute Gasteiger partial charge is 0.507 e. The van der Waals surface area contributed by atoms with Gasteiger partial charge in [-0.1, -0.05) is 19.7 Å². The third-order valence-corrected chi connectivity index (χ3v) is 2.43. The Morgan fingerprint density at radius 2 is 2.00 bits per heavy atom. The summed E-state index contributed by atoms with van der Waals surface area (Å²) in [6.45, 7) is 8.08. The predicted molar refractivity (Wildman–Crippen MR) is 35.0 cm³/mol. The van der Waals surface area contributed by atoms with Gasteiger partial charge in [0.25, 0.3) is 0 Å². The maximum atomic E-state index is 4.88. The van der Waals surface area contributed by atoms with Gasteiger partial charge in [0.1, 0.15) is 8.80 Å². The average Bonchev–Trinajstić information content (AvgIpc) is 1.65. The van der Waals surface area contributed by atoms with Gasteiger partial charge in [0.15, 0.2) is 0 Å². The lowest BCUT2D eigenvalue weighted by molar-refractivity contribution is 0.320. The van der Waals surface area contributed by atoms with E-state index < -0.39 is 8.80 Å². The maximum absolute atomic E-state index is 4.88. The minimum Gasteiger partial charge on any atom is -0.507 e. The summed E-state index contributed by atoms with van der Waals surface area (Å²) in [5, 5.41) is 0.986. The Hall–Kier alpha value is -0.243. The summed E-state index contributed by atoms with van der Waals surface area (Å²) in [5.74, 6) is 0. The summed E-state index contributed by atoms with van der Waals surface area (Å²) in [6.07, 6.45) is 0. The number of ether oxygens (including phenoxy) is 1. The van der Waals surface area contributed by atoms with Crippen molar-refractivity contribution >= 4 is 8.80 Å². The van der Waals surface area contributed by atoms with Crippen molar-refractivity contribution in [3.63, 3.8) is 0 Å². The number of methoxy groups -OCH3 is 1. The van der Waals surface area contributed by atoms with Crippen LogP contribution in [0.2, 0.25) is 13.1 Å². The molecule has 0 aromatic rings. The zero-order valence-corrected chi connectivity index (χ0v) is 6.35. The highest BCUT2D eigenvalue weighted by atomic mass is 28.3. The highest BCUT2D eigenvalue weighted by molar-refractivity contribution is 6.63. The van der Waals surface area contributed by atoms with Crippen molar-refractivity contribution in [3.05, 3.63) is 12.0 Å². The Balaban J connectivity index is 3.35. The molecule has 1 nitrogen and oxygen atoms in total. The van der Waals surface area contributed by atoms with E-state index in [9.17, 15) is 0 Å². The van der Waals surface area contributed by atoms with Crippen LogP contribution < -0.4 is 0 Å². The van der Waals surface area contributed by atoms with Gasteiger partial charge in [0.2, 0.25) is 0 Å². The first-order valence-corrected chi connectivity index (χ1v) is 5.30. The van der Waals surface area contributed by atoms with Gasteiger partial charge in [-0.15, -0.1) is 0 Å². The Morgan fingerprint density at radius 1 is 1.57 bits per heavy atom. The second-order valence-corrected chi connectivity index (χ2v) is 4.78. The minimum atomic E-state index is -0.681. The van der Waals surface area contributed by atoms with Gasteiger partial charge < -0.3 is 4.74 Å². The zero-order chi connectivity index (χ0) is 5.86. The predicted octanol–water partition coefficient (Wildman–Crippen LogP) is 1.17. The summed E-state index contributed by atoms with van der Waals surface area (Å²) in [7, 11) is 0.995. The molecule has 0 fully saturated rings. The van der Waals surface area contributed by atoms with Gasteiger partial charge in [-0.05, 0) is 0 Å². The van der Waals surface area contributed by atoms with Crippen molar-refractivity contribution < 1.29 is 4.74 Å². The van der Waals surface area contributed by atoms with Crippen molar-refractivity contribution in [2.75, 3.05) is 7.11 Å². The standard InChI is InChI=1S/C5H12OSi/c1-5(6-2)7(3)4/h7H,1H2,2-4H3. The van der Waals surface area contributed by atoms with E-state index in [1.807, 2.05) is 0 Å². The van der Waals surface area contributed by atoms with Crippen LogP contribution in [-0.2, 0) is 4.74 Å². The van der Waals surface area contributed by atoms with Crippen molar-refractivity contribution in [1.82, 2.24) is 0 Å². The van der Waals surface area contributed by atoms with E-state index in [0.29, 0.717) is 0 Å². The lowest BCUT2D eigenvalue weighted by Gasteiger charge is -2.03. The molecule has 0 heterocycles. The van der Waals surface area contributed by atoms with Crippen LogP contribution >= 0.6 is 0 Å². The maximum Gasteiger partial charge on any atom is 0.108 e. The highest BCUT2D eigenvalue weighted by Gasteiger charge is 1.97. The molecule has 0 amide bonds. The Kier molecular flexibility index (Phi) is 2.75. The average molecular weight is 116 g/mol. The van der Waals surface area contributed by atoms with Crippen molar-refractivity contribution in [2.45, 2.75) is 13.1 Å². The second kappa shape index (κ2) is 2.85. The van der Waals surface area contributed by atoms with Crippen LogP contribution in [0.4, 0.5) is 0 Å². The van der Waals surface area contributed by atoms with E-state index in [4.69, 9.17) is 4.74 Å². The molecule has 0 saturated carbocycles. The van der Waals surface area contributed by atoms with E-state index in [1.165, 1.54) is 0 Å². The highest BCUT2D eigenvalue weighted by Crippen LogP contribution is 1.94. The molecule has 7 heavy (non-hydrogen) atoms. The van der Waals surface area contributed by atoms with Gasteiger partial charge in [-0.25, -0.2) is 0 Å². The lowest BCUT2D eigenvalue weighted by atomic mass is 11.1. The molecule has 0 saturated heterocycles. The summed E-state index contributed by atoms with van der Waals surface area (Å²) in [4.78, 5) is 0. The van der Waals surface area contributed by atoms with Crippen molar-refractivity contribution in [3.8, 4) is 0 Å². The number of hydrogen-bond donors (Lipinski definition) is 0. The minimum absolute atomic E-state index is 0.681. The second-order valence-electron chi connectivity index (χ2n) is 1.83. The first kappa shape index (κ1) is 6.76. The third-order valence-electron chi connectivity index (χ3n) is 0.906. The molecule has 0 bridgehead atoms. The molecule has 0 unspecified atom stereocenters. The molecule has 42 valence electrons. The van der Waals surface area contributed by atoms with Crippen LogP contribution in [0.1, 0.15) is 0 Å². The van der Waals surface area contributed by atoms with Crippen LogP contribution in [0.5, 0.6) is 0 Å². The molecule has 2 heteroatoms. The Labute approximate surface area is 46.6 Å². The van der Waals surface area contributed by atoms with E-state index >= 15 is 0 Å². The zero-order valence-electron chi connectivity index (χ0n) is 5.19. The van der Waals surface area contributed by atoms with Gasteiger partial charge in [-0.3, -0.25) is 0 Å². The smallest absolute Gasteiger partial charge is 0.108 e. The topological polar surface area (TPSA) is 9.23 Å². The molecule has 0 rings (SSSR count). The molecule has 0 radical (unpaired) electrons. The fourth-order valence-corrected chi connectivity index (χ4v) is 0.707. The number of hydrogen-bond acceptors (Lipinski definition) is 1. The van der Waals surface area contributed by atoms with E-state index in [0.717, 1.165) is 5.38 Å². The fourth-order valence-electron chi connectivity index (χ4n) is 0.236. The Morgan fingerprint density at radius 3 is 2.00 bits per heavy atom. The van der Waals surface area contributed by atoms with Gasteiger partial charge in [0, 0.05) is 0 Å².